The van der Waals surface area contributed by atoms with Crippen LogP contribution in [-0.2, 0) is 6.42 Å². The molecule has 2 aromatic heterocycles. The van der Waals surface area contributed by atoms with Crippen molar-refractivity contribution in [3.63, 3.8) is 0 Å². The second-order valence-corrected chi connectivity index (χ2v) is 7.42. The van der Waals surface area contributed by atoms with Crippen LogP contribution >= 0.6 is 0 Å². The number of likely N-dealkylation sites (tertiary alicyclic amines) is 1. The Labute approximate surface area is 162 Å². The van der Waals surface area contributed by atoms with Gasteiger partial charge in [-0.3, -0.25) is 4.79 Å². The lowest BCUT2D eigenvalue weighted by Crippen LogP contribution is -2.40. The third kappa shape index (κ3) is 3.60. The molecule has 4 rings (SSSR count). The first-order valence-electron chi connectivity index (χ1n) is 9.43. The molecule has 1 saturated heterocycles. The lowest BCUT2D eigenvalue weighted by atomic mass is 9.90. The number of carbonyl (C=O) groups is 2. The molecule has 7 nitrogen and oxygen atoms in total. The summed E-state index contributed by atoms with van der Waals surface area (Å²) >= 11 is 0. The summed E-state index contributed by atoms with van der Waals surface area (Å²) in [6.45, 7) is 3.35. The smallest absolute Gasteiger partial charge is 0.335 e. The predicted molar refractivity (Wildman–Crippen MR) is 103 cm³/mol. The molecular formula is C21H22N4O3. The van der Waals surface area contributed by atoms with Gasteiger partial charge < -0.3 is 10.0 Å². The Balaban J connectivity index is 1.47. The SMILES string of the molecule is Cc1cnc2c(C(=O)N3CCCC(Cc4ccc(C(=O)O)cc4)C3)cnn2c1. The van der Waals surface area contributed by atoms with Crippen LogP contribution in [0.25, 0.3) is 5.65 Å². The topological polar surface area (TPSA) is 87.8 Å². The number of fused-ring (bicyclic) bond motifs is 1. The molecular weight excluding hydrogens is 356 g/mol. The molecule has 3 aromatic rings. The Morgan fingerprint density at radius 3 is 2.75 bits per heavy atom. The van der Waals surface area contributed by atoms with Gasteiger partial charge in [0.1, 0.15) is 5.56 Å². The number of carboxylic acid groups (broad SMARTS) is 1. The molecule has 7 heteroatoms. The normalized spacial score (nSPS) is 17.0. The fourth-order valence-electron chi connectivity index (χ4n) is 3.82. The Kier molecular flexibility index (Phi) is 4.81. The van der Waals surface area contributed by atoms with Gasteiger partial charge in [0, 0.05) is 25.5 Å². The minimum absolute atomic E-state index is 0.0303. The predicted octanol–water partition coefficient (Wildman–Crippen LogP) is 2.83. The van der Waals surface area contributed by atoms with Crippen molar-refractivity contribution in [3.05, 3.63) is 65.1 Å². The number of hydrogen-bond acceptors (Lipinski definition) is 4. The molecule has 0 bridgehead atoms. The Hall–Kier alpha value is -3.22. The van der Waals surface area contributed by atoms with Crippen molar-refractivity contribution in [2.75, 3.05) is 13.1 Å². The zero-order chi connectivity index (χ0) is 19.7. The van der Waals surface area contributed by atoms with Crippen molar-refractivity contribution >= 4 is 17.5 Å². The van der Waals surface area contributed by atoms with Crippen LogP contribution in [0.1, 0.15) is 44.7 Å². The highest BCUT2D eigenvalue weighted by atomic mass is 16.4. The zero-order valence-electron chi connectivity index (χ0n) is 15.7. The summed E-state index contributed by atoms with van der Waals surface area (Å²) in [7, 11) is 0. The molecule has 28 heavy (non-hydrogen) atoms. The number of rotatable bonds is 4. The highest BCUT2D eigenvalue weighted by Crippen LogP contribution is 2.23. The maximum atomic E-state index is 13.0. The van der Waals surface area contributed by atoms with E-state index in [1.54, 1.807) is 29.0 Å². The Bertz CT molecular complexity index is 1030. The van der Waals surface area contributed by atoms with Crippen LogP contribution in [0.5, 0.6) is 0 Å². The highest BCUT2D eigenvalue weighted by Gasteiger charge is 2.27. The molecule has 1 N–H and O–H groups in total. The van der Waals surface area contributed by atoms with Crippen molar-refractivity contribution in [2.45, 2.75) is 26.2 Å². The van der Waals surface area contributed by atoms with E-state index in [4.69, 9.17) is 5.11 Å². The van der Waals surface area contributed by atoms with Crippen LogP contribution in [0, 0.1) is 12.8 Å². The zero-order valence-corrected chi connectivity index (χ0v) is 15.7. The monoisotopic (exact) mass is 378 g/mol. The average Bonchev–Trinajstić information content (AvgIpc) is 3.11. The van der Waals surface area contributed by atoms with Crippen molar-refractivity contribution in [2.24, 2.45) is 5.92 Å². The number of carbonyl (C=O) groups excluding carboxylic acids is 1. The first kappa shape index (κ1) is 18.2. The summed E-state index contributed by atoms with van der Waals surface area (Å²) in [5.41, 5.74) is 3.49. The number of aryl methyl sites for hydroxylation is 1. The highest BCUT2D eigenvalue weighted by molar-refractivity contribution is 5.99. The fourth-order valence-corrected chi connectivity index (χ4v) is 3.82. The van der Waals surface area contributed by atoms with Crippen LogP contribution in [0.4, 0.5) is 0 Å². The molecule has 1 aromatic carbocycles. The van der Waals surface area contributed by atoms with Crippen molar-refractivity contribution < 1.29 is 14.7 Å². The van der Waals surface area contributed by atoms with E-state index >= 15 is 0 Å². The minimum atomic E-state index is -0.918. The number of hydrogen-bond donors (Lipinski definition) is 1. The lowest BCUT2D eigenvalue weighted by molar-refractivity contribution is 0.0671. The van der Waals surface area contributed by atoms with Crippen molar-refractivity contribution in [1.82, 2.24) is 19.5 Å². The van der Waals surface area contributed by atoms with E-state index in [9.17, 15) is 9.59 Å². The van der Waals surface area contributed by atoms with Crippen LogP contribution in [0.15, 0.2) is 42.9 Å². The molecule has 0 aliphatic carbocycles. The lowest BCUT2D eigenvalue weighted by Gasteiger charge is -2.32. The quantitative estimate of drug-likeness (QED) is 0.754. The molecule has 1 atom stereocenters. The third-order valence-electron chi connectivity index (χ3n) is 5.25. The molecule has 1 aliphatic heterocycles. The maximum Gasteiger partial charge on any atom is 0.335 e. The van der Waals surface area contributed by atoms with E-state index < -0.39 is 5.97 Å². The average molecular weight is 378 g/mol. The van der Waals surface area contributed by atoms with E-state index in [0.29, 0.717) is 29.2 Å². The molecule has 1 fully saturated rings. The fraction of sp³-hybridized carbons (Fsp3) is 0.333. The largest absolute Gasteiger partial charge is 0.478 e. The van der Waals surface area contributed by atoms with Crippen molar-refractivity contribution in [3.8, 4) is 0 Å². The van der Waals surface area contributed by atoms with E-state index in [0.717, 1.165) is 36.9 Å². The number of amides is 1. The Morgan fingerprint density at radius 1 is 1.21 bits per heavy atom. The molecule has 0 saturated carbocycles. The number of aromatic carboxylic acids is 1. The summed E-state index contributed by atoms with van der Waals surface area (Å²) in [5, 5.41) is 13.3. The van der Waals surface area contributed by atoms with Crippen molar-refractivity contribution in [1.29, 1.82) is 0 Å². The number of benzene rings is 1. The molecule has 0 spiro atoms. The van der Waals surface area contributed by atoms with Gasteiger partial charge in [-0.05, 0) is 55.4 Å². The van der Waals surface area contributed by atoms with Gasteiger partial charge in [-0.15, -0.1) is 0 Å². The number of aromatic nitrogens is 3. The number of piperidine rings is 1. The molecule has 1 amide bonds. The second kappa shape index (κ2) is 7.42. The number of nitrogens with zero attached hydrogens (tertiary/aromatic N) is 4. The standard InChI is InChI=1S/C21H22N4O3/c1-14-10-22-19-18(11-23-25(19)12-14)20(26)24-8-2-3-16(13-24)9-15-4-6-17(7-5-15)21(27)28/h4-7,10-12,16H,2-3,8-9,13H2,1H3,(H,27,28). The van der Waals surface area contributed by atoms with Gasteiger partial charge in [-0.2, -0.15) is 5.10 Å². The van der Waals surface area contributed by atoms with Gasteiger partial charge >= 0.3 is 5.97 Å². The van der Waals surface area contributed by atoms with Gasteiger partial charge in [0.05, 0.1) is 11.8 Å². The number of carboxylic acids is 1. The van der Waals surface area contributed by atoms with E-state index in [1.165, 1.54) is 0 Å². The van der Waals surface area contributed by atoms with Gasteiger partial charge in [-0.1, -0.05) is 12.1 Å². The van der Waals surface area contributed by atoms with E-state index in [-0.39, 0.29) is 5.91 Å². The van der Waals surface area contributed by atoms with Crippen LogP contribution < -0.4 is 0 Å². The van der Waals surface area contributed by atoms with Gasteiger partial charge in [0.25, 0.3) is 5.91 Å². The molecule has 144 valence electrons. The molecule has 1 aliphatic rings. The van der Waals surface area contributed by atoms with Crippen LogP contribution in [0.3, 0.4) is 0 Å². The van der Waals surface area contributed by atoms with E-state index in [1.807, 2.05) is 30.2 Å². The first-order chi connectivity index (χ1) is 13.5. The summed E-state index contributed by atoms with van der Waals surface area (Å²) in [6.07, 6.45) is 8.03. The summed E-state index contributed by atoms with van der Waals surface area (Å²) in [4.78, 5) is 30.3. The molecule has 0 radical (unpaired) electrons. The third-order valence-corrected chi connectivity index (χ3v) is 5.25. The second-order valence-electron chi connectivity index (χ2n) is 7.42. The van der Waals surface area contributed by atoms with Crippen LogP contribution in [0.2, 0.25) is 0 Å². The minimum Gasteiger partial charge on any atom is -0.478 e. The summed E-state index contributed by atoms with van der Waals surface area (Å²) < 4.78 is 1.65. The van der Waals surface area contributed by atoms with Gasteiger partial charge in [-0.25, -0.2) is 14.3 Å². The Morgan fingerprint density at radius 2 is 2.00 bits per heavy atom. The summed E-state index contributed by atoms with van der Waals surface area (Å²) in [5.74, 6) is -0.596. The van der Waals surface area contributed by atoms with Gasteiger partial charge in [0.15, 0.2) is 5.65 Å². The van der Waals surface area contributed by atoms with Crippen LogP contribution in [-0.4, -0.2) is 49.6 Å². The van der Waals surface area contributed by atoms with Gasteiger partial charge in [0.2, 0.25) is 0 Å². The molecule has 1 unspecified atom stereocenters. The molecule has 3 heterocycles. The first-order valence-corrected chi connectivity index (χ1v) is 9.43. The maximum absolute atomic E-state index is 13.0. The van der Waals surface area contributed by atoms with E-state index in [2.05, 4.69) is 10.1 Å². The summed E-state index contributed by atoms with van der Waals surface area (Å²) in [6, 6.07) is 7.00.